The van der Waals surface area contributed by atoms with Crippen molar-refractivity contribution in [3.8, 4) is 0 Å². The van der Waals surface area contributed by atoms with Crippen molar-refractivity contribution >= 4 is 29.9 Å². The molecule has 1 aromatic heterocycles. The van der Waals surface area contributed by atoms with E-state index in [0.29, 0.717) is 35.4 Å². The van der Waals surface area contributed by atoms with Crippen molar-refractivity contribution in [3.05, 3.63) is 11.6 Å². The van der Waals surface area contributed by atoms with E-state index in [9.17, 15) is 0 Å². The SMILES string of the molecule is CN=C(NC1CCc2nc(C(C)C)nn2C1)NC1C2CCOC2C12CCCC2.I. The number of hydrogen-bond acceptors (Lipinski definition) is 4. The van der Waals surface area contributed by atoms with E-state index < -0.39 is 0 Å². The summed E-state index contributed by atoms with van der Waals surface area (Å²) in [6.45, 7) is 6.10. The minimum Gasteiger partial charge on any atom is -0.377 e. The smallest absolute Gasteiger partial charge is 0.191 e. The Labute approximate surface area is 190 Å². The molecule has 3 fully saturated rings. The van der Waals surface area contributed by atoms with Gasteiger partial charge in [-0.15, -0.1) is 24.0 Å². The molecule has 2 aliphatic carbocycles. The van der Waals surface area contributed by atoms with Gasteiger partial charge in [0.15, 0.2) is 11.8 Å². The maximum Gasteiger partial charge on any atom is 0.191 e. The molecular formula is C21H35IN6O. The van der Waals surface area contributed by atoms with Crippen LogP contribution >= 0.6 is 24.0 Å². The van der Waals surface area contributed by atoms with Crippen molar-refractivity contribution < 1.29 is 4.74 Å². The van der Waals surface area contributed by atoms with Gasteiger partial charge in [-0.25, -0.2) is 9.67 Å². The second-order valence-corrected chi connectivity index (χ2v) is 9.48. The van der Waals surface area contributed by atoms with E-state index in [1.807, 2.05) is 7.05 Å². The van der Waals surface area contributed by atoms with E-state index in [1.165, 1.54) is 32.1 Å². The summed E-state index contributed by atoms with van der Waals surface area (Å²) in [4.78, 5) is 9.27. The van der Waals surface area contributed by atoms with E-state index in [-0.39, 0.29) is 24.0 Å². The third-order valence-corrected chi connectivity index (χ3v) is 7.53. The summed E-state index contributed by atoms with van der Waals surface area (Å²) in [6, 6.07) is 0.849. The van der Waals surface area contributed by atoms with E-state index in [0.717, 1.165) is 43.6 Å². The maximum absolute atomic E-state index is 6.13. The van der Waals surface area contributed by atoms with Crippen LogP contribution in [0.3, 0.4) is 0 Å². The second-order valence-electron chi connectivity index (χ2n) is 9.48. The number of aliphatic imine (C=N–C) groups is 1. The lowest BCUT2D eigenvalue weighted by atomic mass is 9.54. The molecule has 4 aliphatic rings. The predicted molar refractivity (Wildman–Crippen MR) is 124 cm³/mol. The Hall–Kier alpha value is -0.900. The standard InChI is InChI=1S/C21H34N6O.HI/c1-13(2)19-24-16-7-6-14(12-27(16)26-19)23-20(22-3)25-17-15-8-11-28-18(15)21(17)9-4-5-10-21;/h13-15,17-18H,4-12H2,1-3H3,(H2,22,23,25);1H. The summed E-state index contributed by atoms with van der Waals surface area (Å²) in [6.07, 6.45) is 8.98. The Bertz CT molecular complexity index is 756. The summed E-state index contributed by atoms with van der Waals surface area (Å²) in [5.41, 5.74) is 0.344. The van der Waals surface area contributed by atoms with Crippen LogP contribution in [0.2, 0.25) is 0 Å². The van der Waals surface area contributed by atoms with E-state index >= 15 is 0 Å². The predicted octanol–water partition coefficient (Wildman–Crippen LogP) is 2.85. The molecule has 162 valence electrons. The molecule has 0 bridgehead atoms. The Balaban J connectivity index is 0.00000205. The average Bonchev–Trinajstić information content (AvgIpc) is 3.42. The monoisotopic (exact) mass is 514 g/mol. The van der Waals surface area contributed by atoms with Gasteiger partial charge in [0, 0.05) is 49.4 Å². The molecule has 1 aromatic rings. The number of halogens is 1. The van der Waals surface area contributed by atoms with Crippen LogP contribution in [0, 0.1) is 11.3 Å². The molecule has 29 heavy (non-hydrogen) atoms. The number of nitrogens with one attached hydrogen (secondary N) is 2. The first kappa shape index (κ1) is 21.3. The first-order chi connectivity index (χ1) is 13.6. The van der Waals surface area contributed by atoms with Crippen LogP contribution in [0.15, 0.2) is 4.99 Å². The highest BCUT2D eigenvalue weighted by molar-refractivity contribution is 14.0. The molecule has 4 atom stereocenters. The first-order valence-corrected chi connectivity index (χ1v) is 11.2. The molecule has 4 unspecified atom stereocenters. The third kappa shape index (κ3) is 3.58. The summed E-state index contributed by atoms with van der Waals surface area (Å²) in [7, 11) is 1.89. The van der Waals surface area contributed by atoms with Crippen LogP contribution in [-0.4, -0.2) is 52.6 Å². The van der Waals surface area contributed by atoms with Crippen LogP contribution in [0.25, 0.3) is 0 Å². The van der Waals surface area contributed by atoms with Gasteiger partial charge < -0.3 is 15.4 Å². The summed E-state index contributed by atoms with van der Waals surface area (Å²) >= 11 is 0. The normalized spacial score (nSPS) is 32.5. The van der Waals surface area contributed by atoms with Crippen molar-refractivity contribution in [3.63, 3.8) is 0 Å². The summed E-state index contributed by atoms with van der Waals surface area (Å²) in [5.74, 6) is 4.06. The Kier molecular flexibility index (Phi) is 6.12. The van der Waals surface area contributed by atoms with Crippen molar-refractivity contribution in [2.24, 2.45) is 16.3 Å². The molecule has 2 saturated carbocycles. The highest BCUT2D eigenvalue weighted by Gasteiger charge is 2.65. The Morgan fingerprint density at radius 1 is 1.24 bits per heavy atom. The maximum atomic E-state index is 6.13. The number of aromatic nitrogens is 3. The van der Waals surface area contributed by atoms with Crippen molar-refractivity contribution in [1.82, 2.24) is 25.4 Å². The lowest BCUT2D eigenvalue weighted by Gasteiger charge is -2.57. The minimum atomic E-state index is 0. The molecule has 2 N–H and O–H groups in total. The van der Waals surface area contributed by atoms with E-state index in [1.54, 1.807) is 0 Å². The minimum absolute atomic E-state index is 0. The van der Waals surface area contributed by atoms with Gasteiger partial charge in [-0.3, -0.25) is 4.99 Å². The molecule has 1 spiro atoms. The second kappa shape index (κ2) is 8.32. The molecule has 7 nitrogen and oxygen atoms in total. The fourth-order valence-corrected chi connectivity index (χ4v) is 6.11. The van der Waals surface area contributed by atoms with Gasteiger partial charge in [0.2, 0.25) is 0 Å². The Morgan fingerprint density at radius 2 is 2.03 bits per heavy atom. The number of rotatable bonds is 3. The zero-order valence-corrected chi connectivity index (χ0v) is 20.2. The van der Waals surface area contributed by atoms with Gasteiger partial charge >= 0.3 is 0 Å². The van der Waals surface area contributed by atoms with Gasteiger partial charge in [-0.05, 0) is 25.7 Å². The van der Waals surface area contributed by atoms with Gasteiger partial charge in [0.25, 0.3) is 0 Å². The van der Waals surface area contributed by atoms with Gasteiger partial charge in [-0.2, -0.15) is 5.10 Å². The summed E-state index contributed by atoms with van der Waals surface area (Å²) < 4.78 is 8.22. The quantitative estimate of drug-likeness (QED) is 0.369. The number of ether oxygens (including phenoxy) is 1. The highest BCUT2D eigenvalue weighted by atomic mass is 127. The van der Waals surface area contributed by atoms with E-state index in [2.05, 4.69) is 34.2 Å². The molecule has 5 rings (SSSR count). The van der Waals surface area contributed by atoms with Crippen LogP contribution in [-0.2, 0) is 17.7 Å². The molecule has 8 heteroatoms. The number of fused-ring (bicyclic) bond motifs is 3. The van der Waals surface area contributed by atoms with Crippen molar-refractivity contribution in [2.45, 2.75) is 89.4 Å². The van der Waals surface area contributed by atoms with Crippen molar-refractivity contribution in [1.29, 1.82) is 0 Å². The van der Waals surface area contributed by atoms with Crippen molar-refractivity contribution in [2.75, 3.05) is 13.7 Å². The Morgan fingerprint density at radius 3 is 2.76 bits per heavy atom. The summed E-state index contributed by atoms with van der Waals surface area (Å²) in [5, 5.41) is 12.2. The fraction of sp³-hybridized carbons (Fsp3) is 0.857. The van der Waals surface area contributed by atoms with E-state index in [4.69, 9.17) is 14.8 Å². The van der Waals surface area contributed by atoms with Crippen LogP contribution in [0.1, 0.15) is 69.9 Å². The molecule has 0 aromatic carbocycles. The van der Waals surface area contributed by atoms with Gasteiger partial charge in [0.1, 0.15) is 5.82 Å². The van der Waals surface area contributed by atoms with Crippen LogP contribution in [0.4, 0.5) is 0 Å². The zero-order chi connectivity index (χ0) is 19.3. The first-order valence-electron chi connectivity index (χ1n) is 11.2. The number of hydrogen-bond donors (Lipinski definition) is 2. The molecule has 1 saturated heterocycles. The fourth-order valence-electron chi connectivity index (χ4n) is 6.11. The average molecular weight is 514 g/mol. The molecular weight excluding hydrogens is 479 g/mol. The number of nitrogens with zero attached hydrogens (tertiary/aromatic N) is 4. The molecule has 2 aliphatic heterocycles. The molecule has 0 radical (unpaired) electrons. The molecule has 0 amide bonds. The zero-order valence-electron chi connectivity index (χ0n) is 17.9. The highest BCUT2D eigenvalue weighted by Crippen LogP contribution is 2.60. The largest absolute Gasteiger partial charge is 0.377 e. The lowest BCUT2D eigenvalue weighted by molar-refractivity contribution is -0.125. The third-order valence-electron chi connectivity index (χ3n) is 7.53. The number of aryl methyl sites for hydroxylation is 1. The van der Waals surface area contributed by atoms with Gasteiger partial charge in [0.05, 0.1) is 12.6 Å². The topological polar surface area (TPSA) is 76.4 Å². The number of guanidine groups is 1. The molecule has 3 heterocycles. The van der Waals surface area contributed by atoms with Crippen LogP contribution < -0.4 is 10.6 Å². The van der Waals surface area contributed by atoms with Gasteiger partial charge in [-0.1, -0.05) is 26.7 Å². The lowest BCUT2D eigenvalue weighted by Crippen LogP contribution is -2.69. The van der Waals surface area contributed by atoms with Crippen LogP contribution in [0.5, 0.6) is 0 Å².